The number of phenolic OH excluding ortho intramolecular Hbond substituents is 1. The third kappa shape index (κ3) is 3.28. The molecule has 0 saturated carbocycles. The normalized spacial score (nSPS) is 10.5. The van der Waals surface area contributed by atoms with Crippen molar-refractivity contribution in [1.82, 2.24) is 4.57 Å². The molecule has 21 heavy (non-hydrogen) atoms. The van der Waals surface area contributed by atoms with Crippen LogP contribution in [0.2, 0.25) is 0 Å². The molecule has 3 rings (SSSR count). The zero-order valence-electron chi connectivity index (χ0n) is 11.3. The van der Waals surface area contributed by atoms with Crippen molar-refractivity contribution in [2.24, 2.45) is 0 Å². The molecule has 0 atom stereocenters. The molecule has 0 aliphatic rings. The third-order valence-corrected chi connectivity index (χ3v) is 3.77. The Kier molecular flexibility index (Phi) is 3.97. The van der Waals surface area contributed by atoms with Gasteiger partial charge < -0.3 is 15.0 Å². The van der Waals surface area contributed by atoms with Crippen molar-refractivity contribution in [3.8, 4) is 11.4 Å². The molecule has 2 N–H and O–H groups in total. The summed E-state index contributed by atoms with van der Waals surface area (Å²) < 4.78 is 3.01. The van der Waals surface area contributed by atoms with Gasteiger partial charge in [0.05, 0.1) is 0 Å². The minimum absolute atomic E-state index is 0.298. The SMILES string of the molecule is Oc1ccc(Br)cc1CNc1cccc(-n2cccc2)c1. The lowest BCUT2D eigenvalue weighted by Crippen LogP contribution is -2.00. The first kappa shape index (κ1) is 13.8. The van der Waals surface area contributed by atoms with Gasteiger partial charge in [-0.05, 0) is 48.5 Å². The number of anilines is 1. The van der Waals surface area contributed by atoms with Crippen molar-refractivity contribution in [2.75, 3.05) is 5.32 Å². The molecular weight excluding hydrogens is 328 g/mol. The van der Waals surface area contributed by atoms with E-state index in [1.165, 1.54) is 0 Å². The summed E-state index contributed by atoms with van der Waals surface area (Å²) in [6.45, 7) is 0.570. The van der Waals surface area contributed by atoms with E-state index in [1.54, 1.807) is 6.07 Å². The molecule has 1 aromatic heterocycles. The van der Waals surface area contributed by atoms with Crippen LogP contribution in [-0.4, -0.2) is 9.67 Å². The van der Waals surface area contributed by atoms with E-state index in [4.69, 9.17) is 0 Å². The highest BCUT2D eigenvalue weighted by atomic mass is 79.9. The first-order valence-electron chi connectivity index (χ1n) is 6.67. The predicted octanol–water partition coefficient (Wildman–Crippen LogP) is 4.56. The highest BCUT2D eigenvalue weighted by Crippen LogP contribution is 2.23. The van der Waals surface area contributed by atoms with Gasteiger partial charge in [0.2, 0.25) is 0 Å². The number of nitrogens with zero attached hydrogens (tertiary/aromatic N) is 1. The Morgan fingerprint density at radius 3 is 2.62 bits per heavy atom. The number of benzene rings is 2. The first-order chi connectivity index (χ1) is 10.2. The fourth-order valence-electron chi connectivity index (χ4n) is 2.18. The first-order valence-corrected chi connectivity index (χ1v) is 7.46. The van der Waals surface area contributed by atoms with Crippen molar-refractivity contribution in [3.63, 3.8) is 0 Å². The summed E-state index contributed by atoms with van der Waals surface area (Å²) in [5, 5.41) is 13.2. The van der Waals surface area contributed by atoms with Crippen molar-refractivity contribution in [3.05, 3.63) is 77.0 Å². The van der Waals surface area contributed by atoms with E-state index < -0.39 is 0 Å². The van der Waals surface area contributed by atoms with Gasteiger partial charge in [0.15, 0.2) is 0 Å². The maximum atomic E-state index is 9.85. The van der Waals surface area contributed by atoms with E-state index in [9.17, 15) is 5.11 Å². The molecule has 0 saturated heterocycles. The number of hydrogen-bond acceptors (Lipinski definition) is 2. The van der Waals surface area contributed by atoms with Crippen molar-refractivity contribution >= 4 is 21.6 Å². The number of phenols is 1. The Hall–Kier alpha value is -2.20. The Labute approximate surface area is 132 Å². The summed E-state index contributed by atoms with van der Waals surface area (Å²) in [7, 11) is 0. The van der Waals surface area contributed by atoms with Crippen LogP contribution in [0.4, 0.5) is 5.69 Å². The molecule has 0 fully saturated rings. The zero-order chi connectivity index (χ0) is 14.7. The van der Waals surface area contributed by atoms with Crippen LogP contribution in [0.25, 0.3) is 5.69 Å². The molecular formula is C17H15BrN2O. The second kappa shape index (κ2) is 6.06. The molecule has 0 radical (unpaired) electrons. The van der Waals surface area contributed by atoms with Crippen LogP contribution >= 0.6 is 15.9 Å². The third-order valence-electron chi connectivity index (χ3n) is 3.27. The van der Waals surface area contributed by atoms with Crippen LogP contribution in [0.15, 0.2) is 71.5 Å². The number of aromatic hydroxyl groups is 1. The highest BCUT2D eigenvalue weighted by molar-refractivity contribution is 9.10. The molecule has 106 valence electrons. The van der Waals surface area contributed by atoms with Crippen LogP contribution in [0.1, 0.15) is 5.56 Å². The van der Waals surface area contributed by atoms with Gasteiger partial charge in [-0.25, -0.2) is 0 Å². The van der Waals surface area contributed by atoms with Gasteiger partial charge in [-0.15, -0.1) is 0 Å². The van der Waals surface area contributed by atoms with Gasteiger partial charge in [0, 0.05) is 40.3 Å². The Morgan fingerprint density at radius 1 is 1.00 bits per heavy atom. The molecule has 0 aliphatic carbocycles. The maximum Gasteiger partial charge on any atom is 0.120 e. The van der Waals surface area contributed by atoms with Gasteiger partial charge in [0.1, 0.15) is 5.75 Å². The predicted molar refractivity (Wildman–Crippen MR) is 88.9 cm³/mol. The van der Waals surface area contributed by atoms with E-state index in [-0.39, 0.29) is 0 Å². The summed E-state index contributed by atoms with van der Waals surface area (Å²) in [4.78, 5) is 0. The minimum Gasteiger partial charge on any atom is -0.508 e. The molecule has 0 spiro atoms. The van der Waals surface area contributed by atoms with Gasteiger partial charge in [0.25, 0.3) is 0 Å². The van der Waals surface area contributed by atoms with Gasteiger partial charge in [-0.2, -0.15) is 0 Å². The highest BCUT2D eigenvalue weighted by Gasteiger charge is 2.03. The maximum absolute atomic E-state index is 9.85. The number of hydrogen-bond donors (Lipinski definition) is 2. The number of aromatic nitrogens is 1. The Balaban J connectivity index is 1.76. The monoisotopic (exact) mass is 342 g/mol. The molecule has 0 bridgehead atoms. The summed E-state index contributed by atoms with van der Waals surface area (Å²) in [5.74, 6) is 0.298. The second-order valence-corrected chi connectivity index (χ2v) is 5.68. The van der Waals surface area contributed by atoms with Crippen LogP contribution in [0.5, 0.6) is 5.75 Å². The Morgan fingerprint density at radius 2 is 1.81 bits per heavy atom. The van der Waals surface area contributed by atoms with Crippen molar-refractivity contribution in [2.45, 2.75) is 6.54 Å². The van der Waals surface area contributed by atoms with Crippen molar-refractivity contribution in [1.29, 1.82) is 0 Å². The van der Waals surface area contributed by atoms with Gasteiger partial charge in [-0.1, -0.05) is 22.0 Å². The van der Waals surface area contributed by atoms with Crippen LogP contribution in [0, 0.1) is 0 Å². The fraction of sp³-hybridized carbons (Fsp3) is 0.0588. The molecule has 1 heterocycles. The lowest BCUT2D eigenvalue weighted by atomic mass is 10.2. The molecule has 3 aromatic rings. The molecule has 3 nitrogen and oxygen atoms in total. The fourth-order valence-corrected chi connectivity index (χ4v) is 2.58. The number of rotatable bonds is 4. The summed E-state index contributed by atoms with van der Waals surface area (Å²) in [5.41, 5.74) is 2.97. The van der Waals surface area contributed by atoms with Gasteiger partial charge >= 0.3 is 0 Å². The molecule has 2 aromatic carbocycles. The minimum atomic E-state index is 0.298. The standard InChI is InChI=1S/C17H15BrN2O/c18-14-6-7-17(21)13(10-14)12-19-15-4-3-5-16(11-15)20-8-1-2-9-20/h1-11,19,21H,12H2. The van der Waals surface area contributed by atoms with E-state index >= 15 is 0 Å². The van der Waals surface area contributed by atoms with Gasteiger partial charge in [-0.3, -0.25) is 0 Å². The summed E-state index contributed by atoms with van der Waals surface area (Å²) in [6, 6.07) is 17.6. The lowest BCUT2D eigenvalue weighted by molar-refractivity contribution is 0.469. The molecule has 0 amide bonds. The zero-order valence-corrected chi connectivity index (χ0v) is 12.9. The molecule has 0 unspecified atom stereocenters. The average molecular weight is 343 g/mol. The lowest BCUT2D eigenvalue weighted by Gasteiger charge is -2.10. The van der Waals surface area contributed by atoms with E-state index in [2.05, 4.69) is 37.9 Å². The Bertz CT molecular complexity index is 738. The van der Waals surface area contributed by atoms with E-state index in [0.29, 0.717) is 12.3 Å². The number of halogens is 1. The van der Waals surface area contributed by atoms with Crippen LogP contribution in [-0.2, 0) is 6.54 Å². The van der Waals surface area contributed by atoms with E-state index in [1.807, 2.05) is 48.8 Å². The largest absolute Gasteiger partial charge is 0.508 e. The molecule has 4 heteroatoms. The summed E-state index contributed by atoms with van der Waals surface area (Å²) in [6.07, 6.45) is 4.03. The van der Waals surface area contributed by atoms with Crippen LogP contribution in [0.3, 0.4) is 0 Å². The topological polar surface area (TPSA) is 37.2 Å². The average Bonchev–Trinajstić information content (AvgIpc) is 3.03. The quantitative estimate of drug-likeness (QED) is 0.729. The number of nitrogens with one attached hydrogen (secondary N) is 1. The van der Waals surface area contributed by atoms with Crippen molar-refractivity contribution < 1.29 is 5.11 Å². The smallest absolute Gasteiger partial charge is 0.120 e. The summed E-state index contributed by atoms with van der Waals surface area (Å²) >= 11 is 3.42. The van der Waals surface area contributed by atoms with E-state index in [0.717, 1.165) is 21.4 Å². The second-order valence-electron chi connectivity index (χ2n) is 4.77. The van der Waals surface area contributed by atoms with Crippen LogP contribution < -0.4 is 5.32 Å². The molecule has 0 aliphatic heterocycles.